The van der Waals surface area contributed by atoms with E-state index in [0.29, 0.717) is 4.99 Å². The van der Waals surface area contributed by atoms with Crippen molar-refractivity contribution in [2.24, 2.45) is 5.73 Å². The molecule has 2 fully saturated rings. The van der Waals surface area contributed by atoms with Crippen LogP contribution in [0.4, 0.5) is 0 Å². The number of nitrogens with one attached hydrogen (secondary N) is 1. The molecule has 1 saturated heterocycles. The fourth-order valence-electron chi connectivity index (χ4n) is 2.87. The molecule has 3 N–H and O–H groups in total. The van der Waals surface area contributed by atoms with E-state index < -0.39 is 5.54 Å². The van der Waals surface area contributed by atoms with Crippen LogP contribution < -0.4 is 11.1 Å². The van der Waals surface area contributed by atoms with Gasteiger partial charge in [0, 0.05) is 0 Å². The molecule has 0 aromatic heterocycles. The molecule has 1 aliphatic heterocycles. The number of thiocarbonyl (C=S) groups is 1. The van der Waals surface area contributed by atoms with E-state index in [4.69, 9.17) is 18.0 Å². The van der Waals surface area contributed by atoms with Crippen LogP contribution in [0.3, 0.4) is 0 Å². The number of carbonyl (C=O) groups excluding carboxylic acids is 1. The molecule has 0 aromatic carbocycles. The summed E-state index contributed by atoms with van der Waals surface area (Å²) in [5.74, 6) is 1.24. The summed E-state index contributed by atoms with van der Waals surface area (Å²) in [4.78, 5) is 12.8. The van der Waals surface area contributed by atoms with Crippen molar-refractivity contribution in [3.05, 3.63) is 0 Å². The fraction of sp³-hybridized carbons (Fsp3) is 0.846. The third kappa shape index (κ3) is 3.18. The minimum atomic E-state index is -0.411. The largest absolute Gasteiger partial charge is 0.391 e. The molecule has 5 heteroatoms. The first-order valence-corrected chi connectivity index (χ1v) is 8.33. The lowest BCUT2D eigenvalue weighted by atomic mass is 9.89. The molecule has 1 heterocycles. The van der Waals surface area contributed by atoms with Gasteiger partial charge in [-0.2, -0.15) is 0 Å². The Hall–Kier alpha value is -0.290. The van der Waals surface area contributed by atoms with Crippen LogP contribution in [0.25, 0.3) is 0 Å². The van der Waals surface area contributed by atoms with Crippen LogP contribution >= 0.6 is 24.0 Å². The van der Waals surface area contributed by atoms with Crippen molar-refractivity contribution in [1.29, 1.82) is 0 Å². The SMILES string of the molecule is NC(=S)C1(NC(=O)C2CCCS2)CCCCCC1. The Bertz CT molecular complexity index is 319. The highest BCUT2D eigenvalue weighted by atomic mass is 32.2. The van der Waals surface area contributed by atoms with Gasteiger partial charge in [0.05, 0.1) is 15.8 Å². The maximum Gasteiger partial charge on any atom is 0.233 e. The van der Waals surface area contributed by atoms with Gasteiger partial charge in [-0.15, -0.1) is 11.8 Å². The Morgan fingerprint density at radius 2 is 1.89 bits per heavy atom. The summed E-state index contributed by atoms with van der Waals surface area (Å²) >= 11 is 7.00. The number of hydrogen-bond acceptors (Lipinski definition) is 3. The van der Waals surface area contributed by atoms with Crippen LogP contribution in [0.15, 0.2) is 0 Å². The highest BCUT2D eigenvalue weighted by Crippen LogP contribution is 2.30. The predicted octanol–water partition coefficient (Wildman–Crippen LogP) is 2.38. The molecular formula is C13H22N2OS2. The van der Waals surface area contributed by atoms with Gasteiger partial charge in [0.1, 0.15) is 0 Å². The zero-order valence-electron chi connectivity index (χ0n) is 10.7. The number of nitrogens with two attached hydrogens (primary N) is 1. The molecule has 1 unspecified atom stereocenters. The monoisotopic (exact) mass is 286 g/mol. The maximum absolute atomic E-state index is 12.3. The molecule has 3 nitrogen and oxygen atoms in total. The zero-order chi connectivity index (χ0) is 13.0. The molecule has 1 aliphatic carbocycles. The summed E-state index contributed by atoms with van der Waals surface area (Å²) in [5.41, 5.74) is 5.52. The summed E-state index contributed by atoms with van der Waals surface area (Å²) in [6, 6.07) is 0. The molecule has 2 rings (SSSR count). The maximum atomic E-state index is 12.3. The molecule has 1 amide bonds. The zero-order valence-corrected chi connectivity index (χ0v) is 12.4. The molecular weight excluding hydrogens is 264 g/mol. The third-order valence-electron chi connectivity index (χ3n) is 4.01. The number of rotatable bonds is 3. The molecule has 1 atom stereocenters. The Labute approximate surface area is 119 Å². The first kappa shape index (κ1) is 14.1. The van der Waals surface area contributed by atoms with Crippen molar-refractivity contribution < 1.29 is 4.79 Å². The number of hydrogen-bond donors (Lipinski definition) is 2. The molecule has 0 aromatic rings. The Morgan fingerprint density at radius 1 is 1.22 bits per heavy atom. The van der Waals surface area contributed by atoms with E-state index in [1.807, 2.05) is 0 Å². The average Bonchev–Trinajstić information content (AvgIpc) is 2.77. The summed E-state index contributed by atoms with van der Waals surface area (Å²) in [6.45, 7) is 0. The van der Waals surface area contributed by atoms with Crippen LogP contribution in [0.5, 0.6) is 0 Å². The molecule has 102 valence electrons. The molecule has 2 aliphatic rings. The lowest BCUT2D eigenvalue weighted by molar-refractivity contribution is -0.121. The van der Waals surface area contributed by atoms with Gasteiger partial charge in [-0.1, -0.05) is 37.9 Å². The van der Waals surface area contributed by atoms with Crippen LogP contribution in [-0.2, 0) is 4.79 Å². The standard InChI is InChI=1S/C13H22N2OS2/c14-12(17)13(7-3-1-2-4-8-13)15-11(16)10-6-5-9-18-10/h10H,1-9H2,(H2,14,17)(H,15,16). The van der Waals surface area contributed by atoms with Gasteiger partial charge < -0.3 is 11.1 Å². The summed E-state index contributed by atoms with van der Waals surface area (Å²) in [6.07, 6.45) is 8.60. The quantitative estimate of drug-likeness (QED) is 0.618. The van der Waals surface area contributed by atoms with Gasteiger partial charge in [-0.3, -0.25) is 4.79 Å². The van der Waals surface area contributed by atoms with Gasteiger partial charge in [0.15, 0.2) is 0 Å². The Kier molecular flexibility index (Phi) is 4.90. The van der Waals surface area contributed by atoms with Gasteiger partial charge in [-0.05, 0) is 31.4 Å². The normalized spacial score (nSPS) is 27.4. The van der Waals surface area contributed by atoms with E-state index in [1.165, 1.54) is 12.8 Å². The number of thioether (sulfide) groups is 1. The number of carbonyl (C=O) groups is 1. The van der Waals surface area contributed by atoms with E-state index in [0.717, 1.165) is 44.3 Å². The van der Waals surface area contributed by atoms with Crippen LogP contribution in [0.1, 0.15) is 51.4 Å². The molecule has 1 saturated carbocycles. The van der Waals surface area contributed by atoms with Crippen molar-refractivity contribution in [1.82, 2.24) is 5.32 Å². The van der Waals surface area contributed by atoms with Gasteiger partial charge in [-0.25, -0.2) is 0 Å². The van der Waals surface area contributed by atoms with E-state index in [1.54, 1.807) is 11.8 Å². The molecule has 0 spiro atoms. The van der Waals surface area contributed by atoms with Crippen molar-refractivity contribution in [2.45, 2.75) is 62.2 Å². The molecule has 18 heavy (non-hydrogen) atoms. The summed E-state index contributed by atoms with van der Waals surface area (Å²) < 4.78 is 0. The lowest BCUT2D eigenvalue weighted by Crippen LogP contribution is -2.58. The van der Waals surface area contributed by atoms with E-state index in [2.05, 4.69) is 5.32 Å². The number of amides is 1. The summed E-state index contributed by atoms with van der Waals surface area (Å²) in [5, 5.41) is 3.30. The fourth-order valence-corrected chi connectivity index (χ4v) is 4.28. The van der Waals surface area contributed by atoms with Crippen molar-refractivity contribution in [3.63, 3.8) is 0 Å². The predicted molar refractivity (Wildman–Crippen MR) is 80.8 cm³/mol. The van der Waals surface area contributed by atoms with Crippen LogP contribution in [0.2, 0.25) is 0 Å². The smallest absolute Gasteiger partial charge is 0.233 e. The minimum absolute atomic E-state index is 0.111. The first-order valence-electron chi connectivity index (χ1n) is 6.88. The second-order valence-corrected chi connectivity index (χ2v) is 7.10. The van der Waals surface area contributed by atoms with E-state index in [-0.39, 0.29) is 11.2 Å². The average molecular weight is 286 g/mol. The van der Waals surface area contributed by atoms with E-state index in [9.17, 15) is 4.79 Å². The lowest BCUT2D eigenvalue weighted by Gasteiger charge is -2.33. The Morgan fingerprint density at radius 3 is 2.39 bits per heavy atom. The highest BCUT2D eigenvalue weighted by Gasteiger charge is 2.37. The van der Waals surface area contributed by atoms with Crippen molar-refractivity contribution in [3.8, 4) is 0 Å². The molecule has 0 bridgehead atoms. The Balaban J connectivity index is 2.04. The van der Waals surface area contributed by atoms with Gasteiger partial charge in [0.25, 0.3) is 0 Å². The van der Waals surface area contributed by atoms with Crippen LogP contribution in [-0.4, -0.2) is 27.4 Å². The van der Waals surface area contributed by atoms with Crippen LogP contribution in [0, 0.1) is 0 Å². The summed E-state index contributed by atoms with van der Waals surface area (Å²) in [7, 11) is 0. The topological polar surface area (TPSA) is 55.1 Å². The second kappa shape index (κ2) is 6.24. The molecule has 0 radical (unpaired) electrons. The first-order chi connectivity index (χ1) is 8.64. The minimum Gasteiger partial charge on any atom is -0.391 e. The van der Waals surface area contributed by atoms with E-state index >= 15 is 0 Å². The highest BCUT2D eigenvalue weighted by molar-refractivity contribution is 8.00. The third-order valence-corrected chi connectivity index (χ3v) is 5.78. The van der Waals surface area contributed by atoms with Gasteiger partial charge in [0.2, 0.25) is 5.91 Å². The van der Waals surface area contributed by atoms with Crippen molar-refractivity contribution in [2.75, 3.05) is 5.75 Å². The van der Waals surface area contributed by atoms with Gasteiger partial charge >= 0.3 is 0 Å². The van der Waals surface area contributed by atoms with Crippen molar-refractivity contribution >= 4 is 34.9 Å². The second-order valence-electron chi connectivity index (χ2n) is 5.35.